The van der Waals surface area contributed by atoms with Crippen molar-refractivity contribution >= 4 is 17.2 Å². The molecule has 126 valence electrons. The zero-order chi connectivity index (χ0) is 17.8. The number of aryl methyl sites for hydroxylation is 3. The van der Waals surface area contributed by atoms with Gasteiger partial charge in [-0.2, -0.15) is 5.26 Å². The van der Waals surface area contributed by atoms with Crippen LogP contribution in [0, 0.1) is 11.3 Å². The molecule has 0 aliphatic heterocycles. The fourth-order valence-corrected chi connectivity index (χ4v) is 2.66. The van der Waals surface area contributed by atoms with Gasteiger partial charge in [0.05, 0.1) is 29.8 Å². The third-order valence-electron chi connectivity index (χ3n) is 4.03. The smallest absolute Gasteiger partial charge is 0.437 e. The first-order valence-electron chi connectivity index (χ1n) is 7.81. The van der Waals surface area contributed by atoms with E-state index in [0.717, 1.165) is 35.3 Å². The van der Waals surface area contributed by atoms with E-state index in [2.05, 4.69) is 15.8 Å². The first-order chi connectivity index (χ1) is 12.1. The lowest BCUT2D eigenvalue weighted by Crippen LogP contribution is -2.06. The SMILES string of the molecule is COC(=O)Oc1ccc2c(c1)nc(CCc1ccc(C#N)cc1)n2C. The summed E-state index contributed by atoms with van der Waals surface area (Å²) in [6, 6.07) is 15.0. The van der Waals surface area contributed by atoms with Crippen LogP contribution in [0.25, 0.3) is 11.0 Å². The number of ether oxygens (including phenoxy) is 2. The largest absolute Gasteiger partial charge is 0.513 e. The molecule has 1 heterocycles. The van der Waals surface area contributed by atoms with Gasteiger partial charge < -0.3 is 14.0 Å². The van der Waals surface area contributed by atoms with Gasteiger partial charge in [0.25, 0.3) is 0 Å². The summed E-state index contributed by atoms with van der Waals surface area (Å²) in [6.45, 7) is 0. The van der Waals surface area contributed by atoms with Crippen LogP contribution >= 0.6 is 0 Å². The maximum Gasteiger partial charge on any atom is 0.513 e. The maximum atomic E-state index is 11.2. The number of hydrogen-bond donors (Lipinski definition) is 0. The molecule has 0 amide bonds. The predicted molar refractivity (Wildman–Crippen MR) is 92.3 cm³/mol. The van der Waals surface area contributed by atoms with Gasteiger partial charge in [0.1, 0.15) is 11.6 Å². The Morgan fingerprint density at radius 2 is 1.96 bits per heavy atom. The van der Waals surface area contributed by atoms with Gasteiger partial charge in [-0.25, -0.2) is 9.78 Å². The van der Waals surface area contributed by atoms with Gasteiger partial charge in [0, 0.05) is 19.5 Å². The van der Waals surface area contributed by atoms with Gasteiger partial charge in [0.15, 0.2) is 0 Å². The van der Waals surface area contributed by atoms with E-state index in [1.165, 1.54) is 7.11 Å². The third-order valence-corrected chi connectivity index (χ3v) is 4.03. The maximum absolute atomic E-state index is 11.2. The molecular weight excluding hydrogens is 318 g/mol. The first kappa shape index (κ1) is 16.5. The fourth-order valence-electron chi connectivity index (χ4n) is 2.66. The minimum Gasteiger partial charge on any atom is -0.437 e. The average Bonchev–Trinajstić information content (AvgIpc) is 2.95. The number of imidazole rings is 1. The van der Waals surface area contributed by atoms with Crippen molar-refractivity contribution in [1.29, 1.82) is 5.26 Å². The Balaban J connectivity index is 1.78. The molecule has 25 heavy (non-hydrogen) atoms. The number of rotatable bonds is 4. The number of fused-ring (bicyclic) bond motifs is 1. The van der Waals surface area contributed by atoms with E-state index in [0.29, 0.717) is 11.3 Å². The summed E-state index contributed by atoms with van der Waals surface area (Å²) in [5, 5.41) is 8.84. The number of carbonyl (C=O) groups excluding carboxylic acids is 1. The molecule has 0 saturated carbocycles. The van der Waals surface area contributed by atoms with E-state index in [1.54, 1.807) is 12.1 Å². The highest BCUT2D eigenvalue weighted by Gasteiger charge is 2.11. The van der Waals surface area contributed by atoms with Gasteiger partial charge in [0.2, 0.25) is 0 Å². The molecule has 3 aromatic rings. The highest BCUT2D eigenvalue weighted by atomic mass is 16.7. The molecule has 6 heteroatoms. The number of nitrogens with zero attached hydrogens (tertiary/aromatic N) is 3. The topological polar surface area (TPSA) is 77.1 Å². The van der Waals surface area contributed by atoms with Crippen LogP contribution in [0.1, 0.15) is 17.0 Å². The Kier molecular flexibility index (Phi) is 4.66. The number of methoxy groups -OCH3 is 1. The molecule has 0 saturated heterocycles. The Hall–Kier alpha value is -3.33. The zero-order valence-electron chi connectivity index (χ0n) is 14.0. The lowest BCUT2D eigenvalue weighted by atomic mass is 10.1. The molecule has 0 unspecified atom stereocenters. The second kappa shape index (κ2) is 7.05. The van der Waals surface area contributed by atoms with Crippen molar-refractivity contribution in [3.63, 3.8) is 0 Å². The van der Waals surface area contributed by atoms with Gasteiger partial charge in [-0.3, -0.25) is 0 Å². The highest BCUT2D eigenvalue weighted by molar-refractivity contribution is 5.78. The van der Waals surface area contributed by atoms with Crippen LogP contribution in [0.3, 0.4) is 0 Å². The van der Waals surface area contributed by atoms with Crippen LogP contribution in [-0.2, 0) is 24.6 Å². The summed E-state index contributed by atoms with van der Waals surface area (Å²) in [6.07, 6.45) is 0.842. The van der Waals surface area contributed by atoms with Crippen LogP contribution in [0.5, 0.6) is 5.75 Å². The Morgan fingerprint density at radius 3 is 2.64 bits per heavy atom. The number of nitriles is 1. The van der Waals surface area contributed by atoms with Crippen LogP contribution in [0.15, 0.2) is 42.5 Å². The van der Waals surface area contributed by atoms with Crippen molar-refractivity contribution in [3.8, 4) is 11.8 Å². The van der Waals surface area contributed by atoms with Crippen LogP contribution < -0.4 is 4.74 Å². The summed E-state index contributed by atoms with van der Waals surface area (Å²) in [5.74, 6) is 1.34. The predicted octanol–water partition coefficient (Wildman–Crippen LogP) is 3.38. The standard InChI is InChI=1S/C19H17N3O3/c1-22-17-9-8-15(25-19(23)24-2)11-16(17)21-18(22)10-7-13-3-5-14(12-20)6-4-13/h3-6,8-9,11H,7,10H2,1-2H3. The van der Waals surface area contributed by atoms with E-state index < -0.39 is 6.16 Å². The molecule has 0 aliphatic rings. The van der Waals surface area contributed by atoms with Crippen LogP contribution in [-0.4, -0.2) is 22.8 Å². The first-order valence-corrected chi connectivity index (χ1v) is 7.81. The van der Waals surface area contributed by atoms with Crippen molar-refractivity contribution in [2.45, 2.75) is 12.8 Å². The van der Waals surface area contributed by atoms with Crippen LogP contribution in [0.4, 0.5) is 4.79 Å². The lowest BCUT2D eigenvalue weighted by molar-refractivity contribution is 0.121. The molecule has 0 aliphatic carbocycles. The van der Waals surface area contributed by atoms with Gasteiger partial charge in [-0.15, -0.1) is 0 Å². The molecule has 0 radical (unpaired) electrons. The number of hydrogen-bond acceptors (Lipinski definition) is 5. The van der Waals surface area contributed by atoms with Crippen molar-refractivity contribution in [1.82, 2.24) is 9.55 Å². The molecule has 0 bridgehead atoms. The average molecular weight is 335 g/mol. The van der Waals surface area contributed by atoms with Gasteiger partial charge in [-0.05, 0) is 36.2 Å². The highest BCUT2D eigenvalue weighted by Crippen LogP contribution is 2.22. The Bertz CT molecular complexity index is 952. The molecular formula is C19H17N3O3. The van der Waals surface area contributed by atoms with E-state index in [4.69, 9.17) is 10.00 Å². The van der Waals surface area contributed by atoms with Crippen molar-refractivity contribution < 1.29 is 14.3 Å². The van der Waals surface area contributed by atoms with Crippen LogP contribution in [0.2, 0.25) is 0 Å². The van der Waals surface area contributed by atoms with E-state index in [1.807, 2.05) is 41.9 Å². The number of benzene rings is 2. The second-order valence-electron chi connectivity index (χ2n) is 5.60. The number of carbonyl (C=O) groups is 1. The molecule has 1 aromatic heterocycles. The Morgan fingerprint density at radius 1 is 1.20 bits per heavy atom. The normalized spacial score (nSPS) is 10.4. The summed E-state index contributed by atoms with van der Waals surface area (Å²) < 4.78 is 11.6. The monoisotopic (exact) mass is 335 g/mol. The van der Waals surface area contributed by atoms with Gasteiger partial charge >= 0.3 is 6.16 Å². The molecule has 0 fully saturated rings. The Labute approximate surface area is 145 Å². The molecule has 2 aromatic carbocycles. The summed E-state index contributed by atoms with van der Waals surface area (Å²) in [5.41, 5.74) is 3.54. The molecule has 0 atom stereocenters. The third kappa shape index (κ3) is 3.61. The van der Waals surface area contributed by atoms with E-state index >= 15 is 0 Å². The van der Waals surface area contributed by atoms with Crippen molar-refractivity contribution in [2.24, 2.45) is 7.05 Å². The summed E-state index contributed by atoms with van der Waals surface area (Å²) >= 11 is 0. The van der Waals surface area contributed by atoms with Gasteiger partial charge in [-0.1, -0.05) is 12.1 Å². The van der Waals surface area contributed by atoms with E-state index in [-0.39, 0.29) is 0 Å². The molecule has 6 nitrogen and oxygen atoms in total. The second-order valence-corrected chi connectivity index (χ2v) is 5.60. The quantitative estimate of drug-likeness (QED) is 0.539. The molecule has 3 rings (SSSR count). The minimum atomic E-state index is -0.753. The number of aromatic nitrogens is 2. The zero-order valence-corrected chi connectivity index (χ0v) is 14.0. The minimum absolute atomic E-state index is 0.399. The van der Waals surface area contributed by atoms with Crippen molar-refractivity contribution in [3.05, 3.63) is 59.4 Å². The fraction of sp³-hybridized carbons (Fsp3) is 0.211. The molecule has 0 spiro atoms. The summed E-state index contributed by atoms with van der Waals surface area (Å²) in [7, 11) is 3.23. The van der Waals surface area contributed by atoms with E-state index in [9.17, 15) is 4.79 Å². The lowest BCUT2D eigenvalue weighted by Gasteiger charge is -2.04. The summed E-state index contributed by atoms with van der Waals surface area (Å²) in [4.78, 5) is 15.8. The van der Waals surface area contributed by atoms with Crippen molar-refractivity contribution in [2.75, 3.05) is 7.11 Å². The molecule has 0 N–H and O–H groups in total.